The maximum atomic E-state index is 12.4. The first-order valence-corrected chi connectivity index (χ1v) is 9.28. The van der Waals surface area contributed by atoms with Gasteiger partial charge in [0.05, 0.1) is 10.6 Å². The number of hydrogen-bond donors (Lipinski definition) is 1. The number of sulfone groups is 1. The van der Waals surface area contributed by atoms with Crippen LogP contribution in [-0.2, 0) is 27.6 Å². The largest absolute Gasteiger partial charge is 0.335 e. The maximum Gasteiger partial charge on any atom is 0.228 e. The zero-order valence-electron chi connectivity index (χ0n) is 12.9. The molecule has 1 aromatic carbocycles. The summed E-state index contributed by atoms with van der Waals surface area (Å²) >= 11 is 0. The van der Waals surface area contributed by atoms with Crippen LogP contribution in [0.3, 0.4) is 0 Å². The summed E-state index contributed by atoms with van der Waals surface area (Å²) in [6, 6.07) is 6.41. The van der Waals surface area contributed by atoms with Gasteiger partial charge in [0.25, 0.3) is 0 Å². The lowest BCUT2D eigenvalue weighted by atomic mass is 9.97. The molecule has 1 aromatic heterocycles. The highest BCUT2D eigenvalue weighted by molar-refractivity contribution is 7.91. The summed E-state index contributed by atoms with van der Waals surface area (Å²) < 4.78 is 25.9. The number of rotatable bonds is 4. The molecule has 3 rings (SSSR count). The third kappa shape index (κ3) is 3.29. The fraction of sp³-hybridized carbons (Fsp3) is 0.375. The van der Waals surface area contributed by atoms with Crippen molar-refractivity contribution in [3.63, 3.8) is 0 Å². The van der Waals surface area contributed by atoms with Crippen LogP contribution in [0.5, 0.6) is 0 Å². The summed E-state index contributed by atoms with van der Waals surface area (Å²) in [4.78, 5) is 16.9. The van der Waals surface area contributed by atoms with Crippen LogP contribution in [0, 0.1) is 5.92 Å². The van der Waals surface area contributed by atoms with Crippen LogP contribution in [0.1, 0.15) is 19.2 Å². The normalized spacial score (nSPS) is 17.5. The lowest BCUT2D eigenvalue weighted by Gasteiger charge is -2.22. The van der Waals surface area contributed by atoms with E-state index in [2.05, 4.69) is 14.9 Å². The molecule has 23 heavy (non-hydrogen) atoms. The van der Waals surface area contributed by atoms with Crippen molar-refractivity contribution in [1.29, 1.82) is 0 Å². The molecule has 1 atom stereocenters. The van der Waals surface area contributed by atoms with E-state index in [-0.39, 0.29) is 22.5 Å². The van der Waals surface area contributed by atoms with Gasteiger partial charge in [0.1, 0.15) is 5.82 Å². The molecule has 1 aliphatic rings. The van der Waals surface area contributed by atoms with Crippen LogP contribution in [0.4, 0.5) is 5.69 Å². The number of amides is 1. The maximum absolute atomic E-state index is 12.4. The molecule has 0 fully saturated rings. The molecule has 122 valence electrons. The quantitative estimate of drug-likeness (QED) is 0.926. The molecule has 2 aromatic rings. The Morgan fingerprint density at radius 3 is 3.04 bits per heavy atom. The van der Waals surface area contributed by atoms with Crippen LogP contribution < -0.4 is 5.32 Å². The van der Waals surface area contributed by atoms with Crippen LogP contribution in [0.15, 0.2) is 41.6 Å². The van der Waals surface area contributed by atoms with E-state index in [1.807, 2.05) is 6.20 Å². The highest BCUT2D eigenvalue weighted by Crippen LogP contribution is 2.22. The second-order valence-electron chi connectivity index (χ2n) is 5.65. The number of fused-ring (bicyclic) bond motifs is 1. The van der Waals surface area contributed by atoms with Gasteiger partial charge in [-0.2, -0.15) is 0 Å². The minimum absolute atomic E-state index is 0.0374. The summed E-state index contributed by atoms with van der Waals surface area (Å²) in [6.07, 6.45) is 5.02. The predicted octanol–water partition coefficient (Wildman–Crippen LogP) is 1.88. The fourth-order valence-corrected chi connectivity index (χ4v) is 3.68. The first-order chi connectivity index (χ1) is 11.0. The minimum atomic E-state index is -3.28. The third-order valence-corrected chi connectivity index (χ3v) is 5.89. The first-order valence-electron chi connectivity index (χ1n) is 7.63. The van der Waals surface area contributed by atoms with Gasteiger partial charge in [0.15, 0.2) is 9.84 Å². The Hall–Kier alpha value is -2.15. The average molecular weight is 333 g/mol. The molecule has 0 radical (unpaired) electrons. The number of carbonyl (C=O) groups is 1. The summed E-state index contributed by atoms with van der Waals surface area (Å²) in [6.45, 7) is 2.38. The van der Waals surface area contributed by atoms with E-state index >= 15 is 0 Å². The highest BCUT2D eigenvalue weighted by atomic mass is 32.2. The van der Waals surface area contributed by atoms with E-state index < -0.39 is 9.84 Å². The molecule has 2 heterocycles. The molecule has 1 aliphatic heterocycles. The Bertz CT molecular complexity index is 827. The van der Waals surface area contributed by atoms with Crippen molar-refractivity contribution in [2.75, 3.05) is 11.1 Å². The van der Waals surface area contributed by atoms with E-state index in [0.717, 1.165) is 18.8 Å². The van der Waals surface area contributed by atoms with Crippen LogP contribution in [-0.4, -0.2) is 29.6 Å². The number of nitrogens with zero attached hydrogens (tertiary/aromatic N) is 2. The van der Waals surface area contributed by atoms with Gasteiger partial charge in [-0.15, -0.1) is 0 Å². The van der Waals surface area contributed by atoms with Crippen molar-refractivity contribution in [3.05, 3.63) is 42.5 Å². The predicted molar refractivity (Wildman–Crippen MR) is 86.8 cm³/mol. The van der Waals surface area contributed by atoms with E-state index in [9.17, 15) is 13.2 Å². The Morgan fingerprint density at radius 2 is 2.26 bits per heavy atom. The molecule has 6 nitrogen and oxygen atoms in total. The van der Waals surface area contributed by atoms with E-state index in [0.29, 0.717) is 12.1 Å². The molecule has 1 amide bonds. The molecule has 0 aliphatic carbocycles. The standard InChI is InChI=1S/C16H19N3O3S/c1-2-23(21,22)14-5-3-4-13(11-14)18-16(20)12-6-8-19-9-7-17-15(19)10-12/h3-5,7,9,11-12H,2,6,8,10H2,1H3,(H,18,20)/t12-/m0/s1. The van der Waals surface area contributed by atoms with E-state index in [4.69, 9.17) is 0 Å². The van der Waals surface area contributed by atoms with E-state index in [1.165, 1.54) is 6.07 Å². The van der Waals surface area contributed by atoms with Gasteiger partial charge in [-0.05, 0) is 24.6 Å². The highest BCUT2D eigenvalue weighted by Gasteiger charge is 2.25. The van der Waals surface area contributed by atoms with Gasteiger partial charge in [0, 0.05) is 37.0 Å². The SMILES string of the molecule is CCS(=O)(=O)c1cccc(NC(=O)[C@H]2CCn3ccnc3C2)c1. The second kappa shape index (κ2) is 6.16. The van der Waals surface area contributed by atoms with Crippen LogP contribution >= 0.6 is 0 Å². The topological polar surface area (TPSA) is 81.1 Å². The third-order valence-electron chi connectivity index (χ3n) is 4.16. The van der Waals surface area contributed by atoms with Gasteiger partial charge in [-0.1, -0.05) is 13.0 Å². The van der Waals surface area contributed by atoms with Crippen molar-refractivity contribution < 1.29 is 13.2 Å². The second-order valence-corrected chi connectivity index (χ2v) is 7.93. The molecule has 0 saturated carbocycles. The molecule has 1 N–H and O–H groups in total. The number of imidazole rings is 1. The summed E-state index contributed by atoms with van der Waals surface area (Å²) in [5.74, 6) is 0.718. The number of aromatic nitrogens is 2. The minimum Gasteiger partial charge on any atom is -0.335 e. The zero-order valence-corrected chi connectivity index (χ0v) is 13.7. The molecule has 0 unspecified atom stereocenters. The summed E-state index contributed by atoms with van der Waals surface area (Å²) in [5, 5.41) is 2.83. The molecular formula is C16H19N3O3S. The van der Waals surface area contributed by atoms with Gasteiger partial charge in [0.2, 0.25) is 5.91 Å². The number of aryl methyl sites for hydroxylation is 1. The molecule has 7 heteroatoms. The molecular weight excluding hydrogens is 314 g/mol. The van der Waals surface area contributed by atoms with Gasteiger partial charge >= 0.3 is 0 Å². The lowest BCUT2D eigenvalue weighted by Crippen LogP contribution is -2.30. The van der Waals surface area contributed by atoms with Crippen molar-refractivity contribution in [2.45, 2.75) is 31.2 Å². The Kier molecular flexibility index (Phi) is 4.21. The Morgan fingerprint density at radius 1 is 1.43 bits per heavy atom. The Balaban J connectivity index is 1.73. The zero-order chi connectivity index (χ0) is 16.4. The van der Waals surface area contributed by atoms with Crippen molar-refractivity contribution in [2.24, 2.45) is 5.92 Å². The molecule has 0 saturated heterocycles. The molecule has 0 spiro atoms. The van der Waals surface area contributed by atoms with E-state index in [1.54, 1.807) is 31.3 Å². The number of hydrogen-bond acceptors (Lipinski definition) is 4. The monoisotopic (exact) mass is 333 g/mol. The number of anilines is 1. The van der Waals surface area contributed by atoms with Crippen molar-refractivity contribution in [3.8, 4) is 0 Å². The van der Waals surface area contributed by atoms with Gasteiger partial charge in [-0.25, -0.2) is 13.4 Å². The van der Waals surface area contributed by atoms with Crippen molar-refractivity contribution >= 4 is 21.4 Å². The Labute approximate surface area is 135 Å². The van der Waals surface area contributed by atoms with Crippen LogP contribution in [0.2, 0.25) is 0 Å². The molecule has 0 bridgehead atoms. The number of nitrogens with one attached hydrogen (secondary N) is 1. The van der Waals surface area contributed by atoms with Gasteiger partial charge < -0.3 is 9.88 Å². The summed E-state index contributed by atoms with van der Waals surface area (Å²) in [7, 11) is -3.28. The first kappa shape index (κ1) is 15.7. The van der Waals surface area contributed by atoms with Crippen molar-refractivity contribution in [1.82, 2.24) is 9.55 Å². The lowest BCUT2D eigenvalue weighted by molar-refractivity contribution is -0.120. The van der Waals surface area contributed by atoms with Gasteiger partial charge in [-0.3, -0.25) is 4.79 Å². The smallest absolute Gasteiger partial charge is 0.228 e. The number of carbonyl (C=O) groups excluding carboxylic acids is 1. The fourth-order valence-electron chi connectivity index (χ4n) is 2.75. The summed E-state index contributed by atoms with van der Waals surface area (Å²) in [5.41, 5.74) is 0.512. The van der Waals surface area contributed by atoms with Crippen LogP contribution in [0.25, 0.3) is 0 Å². The average Bonchev–Trinajstić information content (AvgIpc) is 3.02. The number of benzene rings is 1.